The molecule has 0 aliphatic carbocycles. The fraction of sp³-hybridized carbons (Fsp3) is 0.500. The van der Waals surface area contributed by atoms with E-state index in [0.29, 0.717) is 19.1 Å². The van der Waals surface area contributed by atoms with Crippen LogP contribution in [0.4, 0.5) is 0 Å². The average molecular weight is 248 g/mol. The van der Waals surface area contributed by atoms with Crippen LogP contribution in [0.2, 0.25) is 0 Å². The summed E-state index contributed by atoms with van der Waals surface area (Å²) in [7, 11) is 0. The monoisotopic (exact) mass is 248 g/mol. The Morgan fingerprint density at radius 1 is 1.44 bits per heavy atom. The van der Waals surface area contributed by atoms with Crippen LogP contribution in [0.25, 0.3) is 0 Å². The molecule has 0 radical (unpaired) electrons. The standard InChI is InChI=1S/C14H20N2O2/c15-9-12-7-4-8-16(12)10-13(14(17)18)11-5-2-1-3-6-11/h1-3,5-6,12-13H,4,7-10,15H2,(H,17,18). The lowest BCUT2D eigenvalue weighted by Crippen LogP contribution is -2.39. The summed E-state index contributed by atoms with van der Waals surface area (Å²) in [4.78, 5) is 13.6. The van der Waals surface area contributed by atoms with Crippen LogP contribution in [0.1, 0.15) is 24.3 Å². The van der Waals surface area contributed by atoms with Crippen molar-refractivity contribution < 1.29 is 9.90 Å². The van der Waals surface area contributed by atoms with E-state index in [4.69, 9.17) is 5.73 Å². The third-order valence-electron chi connectivity index (χ3n) is 3.69. The number of rotatable bonds is 5. The summed E-state index contributed by atoms with van der Waals surface area (Å²) in [6, 6.07) is 9.78. The maximum atomic E-state index is 11.4. The average Bonchev–Trinajstić information content (AvgIpc) is 2.83. The molecule has 4 nitrogen and oxygen atoms in total. The van der Waals surface area contributed by atoms with Crippen LogP contribution >= 0.6 is 0 Å². The second kappa shape index (κ2) is 5.98. The van der Waals surface area contributed by atoms with Crippen LogP contribution < -0.4 is 5.73 Å². The minimum Gasteiger partial charge on any atom is -0.481 e. The van der Waals surface area contributed by atoms with Crippen LogP contribution in [0, 0.1) is 0 Å². The van der Waals surface area contributed by atoms with Gasteiger partial charge in [0.1, 0.15) is 0 Å². The maximum absolute atomic E-state index is 11.4. The zero-order valence-electron chi connectivity index (χ0n) is 10.5. The Bertz CT molecular complexity index is 394. The highest BCUT2D eigenvalue weighted by molar-refractivity contribution is 5.76. The van der Waals surface area contributed by atoms with Gasteiger partial charge in [0.15, 0.2) is 0 Å². The van der Waals surface area contributed by atoms with Crippen LogP contribution in [0.3, 0.4) is 0 Å². The van der Waals surface area contributed by atoms with Crippen LogP contribution in [0.15, 0.2) is 30.3 Å². The first kappa shape index (κ1) is 13.1. The summed E-state index contributed by atoms with van der Waals surface area (Å²) in [5, 5.41) is 9.39. The van der Waals surface area contributed by atoms with Crippen LogP contribution in [0.5, 0.6) is 0 Å². The summed E-state index contributed by atoms with van der Waals surface area (Å²) >= 11 is 0. The SMILES string of the molecule is NCC1CCCN1CC(C(=O)O)c1ccccc1. The Morgan fingerprint density at radius 3 is 2.78 bits per heavy atom. The number of hydrogen-bond donors (Lipinski definition) is 2. The highest BCUT2D eigenvalue weighted by atomic mass is 16.4. The Kier molecular flexibility index (Phi) is 4.33. The van der Waals surface area contributed by atoms with Gasteiger partial charge >= 0.3 is 5.97 Å². The van der Waals surface area contributed by atoms with Gasteiger partial charge in [0.05, 0.1) is 5.92 Å². The minimum absolute atomic E-state index is 0.343. The fourth-order valence-electron chi connectivity index (χ4n) is 2.65. The first-order valence-corrected chi connectivity index (χ1v) is 6.44. The summed E-state index contributed by atoms with van der Waals surface area (Å²) in [6.07, 6.45) is 2.20. The van der Waals surface area contributed by atoms with Crippen LogP contribution in [-0.2, 0) is 4.79 Å². The molecule has 98 valence electrons. The van der Waals surface area contributed by atoms with Crippen molar-refractivity contribution in [3.63, 3.8) is 0 Å². The van der Waals surface area contributed by atoms with E-state index < -0.39 is 11.9 Å². The van der Waals surface area contributed by atoms with Crippen molar-refractivity contribution in [3.8, 4) is 0 Å². The molecule has 4 heteroatoms. The van der Waals surface area contributed by atoms with E-state index >= 15 is 0 Å². The quantitative estimate of drug-likeness (QED) is 0.823. The summed E-state index contributed by atoms with van der Waals surface area (Å²) in [6.45, 7) is 2.13. The number of hydrogen-bond acceptors (Lipinski definition) is 3. The molecule has 0 saturated carbocycles. The lowest BCUT2D eigenvalue weighted by molar-refractivity contribution is -0.139. The Hall–Kier alpha value is -1.39. The number of likely N-dealkylation sites (tertiary alicyclic amines) is 1. The molecule has 1 heterocycles. The van der Waals surface area contributed by atoms with Gasteiger partial charge in [-0.3, -0.25) is 9.69 Å². The normalized spacial score (nSPS) is 21.9. The number of carboxylic acid groups (broad SMARTS) is 1. The molecule has 1 aliphatic heterocycles. The van der Waals surface area contributed by atoms with Crippen molar-refractivity contribution >= 4 is 5.97 Å². The van der Waals surface area contributed by atoms with Crippen molar-refractivity contribution in [1.82, 2.24) is 4.90 Å². The van der Waals surface area contributed by atoms with Gasteiger partial charge in [0, 0.05) is 19.1 Å². The molecule has 3 N–H and O–H groups in total. The van der Waals surface area contributed by atoms with Gasteiger partial charge in [-0.25, -0.2) is 0 Å². The topological polar surface area (TPSA) is 66.6 Å². The van der Waals surface area contributed by atoms with Gasteiger partial charge in [-0.05, 0) is 24.9 Å². The highest BCUT2D eigenvalue weighted by Crippen LogP contribution is 2.23. The number of aliphatic carboxylic acids is 1. The molecule has 1 aromatic rings. The van der Waals surface area contributed by atoms with E-state index in [0.717, 1.165) is 24.9 Å². The number of benzene rings is 1. The number of nitrogens with zero attached hydrogens (tertiary/aromatic N) is 1. The van der Waals surface area contributed by atoms with Crippen molar-refractivity contribution in [3.05, 3.63) is 35.9 Å². The molecular weight excluding hydrogens is 228 g/mol. The van der Waals surface area contributed by atoms with E-state index in [1.54, 1.807) is 0 Å². The first-order valence-electron chi connectivity index (χ1n) is 6.44. The number of carbonyl (C=O) groups is 1. The predicted molar refractivity (Wildman–Crippen MR) is 70.5 cm³/mol. The lowest BCUT2D eigenvalue weighted by atomic mass is 9.98. The maximum Gasteiger partial charge on any atom is 0.312 e. The van der Waals surface area contributed by atoms with Crippen molar-refractivity contribution in [2.24, 2.45) is 5.73 Å². The molecule has 2 rings (SSSR count). The zero-order valence-corrected chi connectivity index (χ0v) is 10.5. The molecule has 0 amide bonds. The predicted octanol–water partition coefficient (Wildman–Crippen LogP) is 1.28. The van der Waals surface area contributed by atoms with E-state index in [9.17, 15) is 9.90 Å². The van der Waals surface area contributed by atoms with E-state index in [2.05, 4.69) is 4.90 Å². The Labute approximate surface area is 107 Å². The second-order valence-corrected chi connectivity index (χ2v) is 4.83. The third-order valence-corrected chi connectivity index (χ3v) is 3.69. The number of carboxylic acids is 1. The van der Waals surface area contributed by atoms with E-state index in [1.165, 1.54) is 0 Å². The molecule has 18 heavy (non-hydrogen) atoms. The first-order chi connectivity index (χ1) is 8.72. The molecular formula is C14H20N2O2. The molecule has 2 atom stereocenters. The van der Waals surface area contributed by atoms with Gasteiger partial charge in [-0.15, -0.1) is 0 Å². The summed E-state index contributed by atoms with van der Waals surface area (Å²) < 4.78 is 0. The molecule has 1 aliphatic rings. The smallest absolute Gasteiger partial charge is 0.312 e. The van der Waals surface area contributed by atoms with E-state index in [1.807, 2.05) is 30.3 Å². The van der Waals surface area contributed by atoms with Crippen molar-refractivity contribution in [2.75, 3.05) is 19.6 Å². The van der Waals surface area contributed by atoms with Gasteiger partial charge in [0.25, 0.3) is 0 Å². The molecule has 1 aromatic carbocycles. The third kappa shape index (κ3) is 2.89. The Morgan fingerprint density at radius 2 is 2.17 bits per heavy atom. The summed E-state index contributed by atoms with van der Waals surface area (Å²) in [5.74, 6) is -1.22. The van der Waals surface area contributed by atoms with Crippen molar-refractivity contribution in [1.29, 1.82) is 0 Å². The summed E-state index contributed by atoms with van der Waals surface area (Å²) in [5.41, 5.74) is 6.59. The molecule has 0 bridgehead atoms. The molecule has 1 saturated heterocycles. The fourth-order valence-corrected chi connectivity index (χ4v) is 2.65. The largest absolute Gasteiger partial charge is 0.481 e. The molecule has 0 aromatic heterocycles. The number of nitrogens with two attached hydrogens (primary N) is 1. The molecule has 1 fully saturated rings. The van der Waals surface area contributed by atoms with Crippen molar-refractivity contribution in [2.45, 2.75) is 24.8 Å². The van der Waals surface area contributed by atoms with Gasteiger partial charge < -0.3 is 10.8 Å². The molecule has 2 unspecified atom stereocenters. The van der Waals surface area contributed by atoms with E-state index in [-0.39, 0.29) is 0 Å². The van der Waals surface area contributed by atoms with Gasteiger partial charge in [-0.2, -0.15) is 0 Å². The zero-order chi connectivity index (χ0) is 13.0. The second-order valence-electron chi connectivity index (χ2n) is 4.83. The van der Waals surface area contributed by atoms with Gasteiger partial charge in [0.2, 0.25) is 0 Å². The highest BCUT2D eigenvalue weighted by Gasteiger charge is 2.29. The lowest BCUT2D eigenvalue weighted by Gasteiger charge is -2.26. The Balaban J connectivity index is 2.10. The minimum atomic E-state index is -0.760. The van der Waals surface area contributed by atoms with Crippen LogP contribution in [-0.4, -0.2) is 41.7 Å². The molecule has 0 spiro atoms. The van der Waals surface area contributed by atoms with Gasteiger partial charge in [-0.1, -0.05) is 30.3 Å².